The van der Waals surface area contributed by atoms with Crippen LogP contribution in [0, 0.1) is 0 Å². The van der Waals surface area contributed by atoms with E-state index in [0.717, 1.165) is 62.1 Å². The number of benzene rings is 1. The van der Waals surface area contributed by atoms with Crippen LogP contribution in [0.5, 0.6) is 0 Å². The second kappa shape index (κ2) is 8.16. The molecule has 2 aliphatic rings. The summed E-state index contributed by atoms with van der Waals surface area (Å²) in [6, 6.07) is 9.75. The molecule has 2 aliphatic heterocycles. The lowest BCUT2D eigenvalue weighted by Gasteiger charge is -2.35. The van der Waals surface area contributed by atoms with E-state index >= 15 is 0 Å². The van der Waals surface area contributed by atoms with Crippen molar-refractivity contribution in [2.75, 3.05) is 50.7 Å². The number of fused-ring (bicyclic) bond motifs is 1. The fraction of sp³-hybridized carbons (Fsp3) is 0.421. The van der Waals surface area contributed by atoms with Crippen molar-refractivity contribution in [2.24, 2.45) is 0 Å². The molecule has 2 aromatic rings. The van der Waals surface area contributed by atoms with Gasteiger partial charge in [-0.05, 0) is 37.0 Å². The van der Waals surface area contributed by atoms with E-state index in [2.05, 4.69) is 24.1 Å². The Morgan fingerprint density at radius 1 is 0.962 bits per heavy atom. The molecule has 4 rings (SSSR count). The van der Waals surface area contributed by atoms with Crippen LogP contribution >= 0.6 is 11.9 Å². The highest BCUT2D eigenvalue weighted by molar-refractivity contribution is 7.97. The molecule has 0 saturated carbocycles. The first-order valence-electron chi connectivity index (χ1n) is 9.09. The molecule has 1 fully saturated rings. The molecule has 0 radical (unpaired) electrons. The van der Waals surface area contributed by atoms with Gasteiger partial charge in [0.25, 0.3) is 0 Å². The Morgan fingerprint density at radius 3 is 2.54 bits per heavy atom. The monoisotopic (exact) mass is 369 g/mol. The van der Waals surface area contributed by atoms with E-state index in [-0.39, 0.29) is 5.78 Å². The zero-order valence-electron chi connectivity index (χ0n) is 14.8. The molecule has 1 saturated heterocycles. The van der Waals surface area contributed by atoms with Gasteiger partial charge in [0.15, 0.2) is 5.78 Å². The lowest BCUT2D eigenvalue weighted by atomic mass is 10.1. The summed E-state index contributed by atoms with van der Waals surface area (Å²) in [5, 5.41) is 0. The van der Waals surface area contributed by atoms with Gasteiger partial charge in [-0.25, -0.2) is 14.3 Å². The van der Waals surface area contributed by atoms with Crippen molar-refractivity contribution in [2.45, 2.75) is 11.3 Å². The van der Waals surface area contributed by atoms with Gasteiger partial charge in [0, 0.05) is 55.6 Å². The van der Waals surface area contributed by atoms with E-state index in [0.29, 0.717) is 6.54 Å². The van der Waals surface area contributed by atoms with Crippen molar-refractivity contribution in [3.05, 3.63) is 48.3 Å². The van der Waals surface area contributed by atoms with Crippen LogP contribution in [0.25, 0.3) is 0 Å². The maximum atomic E-state index is 12.2. The van der Waals surface area contributed by atoms with Crippen molar-refractivity contribution in [1.82, 2.24) is 19.2 Å². The normalized spacial score (nSPS) is 18.8. The summed E-state index contributed by atoms with van der Waals surface area (Å²) in [5.74, 6) is 1.06. The Labute approximate surface area is 158 Å². The zero-order valence-corrected chi connectivity index (χ0v) is 15.6. The Morgan fingerprint density at radius 2 is 1.73 bits per heavy atom. The molecular formula is C19H23N5OS. The van der Waals surface area contributed by atoms with Crippen LogP contribution in [0.15, 0.2) is 47.6 Å². The number of hydrogen-bond acceptors (Lipinski definition) is 7. The Balaban J connectivity index is 1.21. The number of piperazine rings is 1. The van der Waals surface area contributed by atoms with Crippen LogP contribution in [0.2, 0.25) is 0 Å². The van der Waals surface area contributed by atoms with Crippen LogP contribution in [0.4, 0.5) is 5.95 Å². The summed E-state index contributed by atoms with van der Waals surface area (Å²) in [7, 11) is 0. The first-order valence-corrected chi connectivity index (χ1v) is 9.86. The van der Waals surface area contributed by atoms with E-state index < -0.39 is 0 Å². The molecule has 7 heteroatoms. The molecule has 0 bridgehead atoms. The van der Waals surface area contributed by atoms with Crippen LogP contribution in [0.3, 0.4) is 0 Å². The molecule has 0 unspecified atom stereocenters. The minimum absolute atomic E-state index is 0.232. The number of aromatic nitrogens is 2. The molecule has 0 N–H and O–H groups in total. The van der Waals surface area contributed by atoms with Crippen molar-refractivity contribution in [3.63, 3.8) is 0 Å². The number of rotatable bonds is 5. The number of Topliss-reactive ketones (excluding diaryl/α,β-unsaturated/α-hetero) is 1. The van der Waals surface area contributed by atoms with Gasteiger partial charge in [-0.15, -0.1) is 0 Å². The van der Waals surface area contributed by atoms with Crippen molar-refractivity contribution in [3.8, 4) is 0 Å². The average molecular weight is 369 g/mol. The van der Waals surface area contributed by atoms with Gasteiger partial charge < -0.3 is 4.90 Å². The zero-order chi connectivity index (χ0) is 17.8. The topological polar surface area (TPSA) is 52.6 Å². The SMILES string of the molecule is O=C1CN(CCCN2CCN(c3ncccn3)CC2)Sc2ccccc21. The molecule has 0 atom stereocenters. The van der Waals surface area contributed by atoms with E-state index in [4.69, 9.17) is 0 Å². The third-order valence-corrected chi connectivity index (χ3v) is 5.95. The Hall–Kier alpha value is -1.96. The lowest BCUT2D eigenvalue weighted by Crippen LogP contribution is -2.47. The fourth-order valence-electron chi connectivity index (χ4n) is 3.41. The summed E-state index contributed by atoms with van der Waals surface area (Å²) < 4.78 is 2.19. The minimum atomic E-state index is 0.232. The number of hydrogen-bond donors (Lipinski definition) is 0. The predicted octanol–water partition coefficient (Wildman–Crippen LogP) is 2.19. The predicted molar refractivity (Wildman–Crippen MR) is 104 cm³/mol. The molecule has 0 aliphatic carbocycles. The number of anilines is 1. The van der Waals surface area contributed by atoms with E-state index in [9.17, 15) is 4.79 Å². The maximum Gasteiger partial charge on any atom is 0.225 e. The van der Waals surface area contributed by atoms with Crippen molar-refractivity contribution in [1.29, 1.82) is 0 Å². The number of carbonyl (C=O) groups excluding carboxylic acids is 1. The molecule has 1 aromatic heterocycles. The van der Waals surface area contributed by atoms with Crippen LogP contribution in [-0.2, 0) is 0 Å². The van der Waals surface area contributed by atoms with Gasteiger partial charge in [-0.1, -0.05) is 18.2 Å². The maximum absolute atomic E-state index is 12.2. The summed E-state index contributed by atoms with van der Waals surface area (Å²) in [6.45, 7) is 6.52. The molecule has 1 aromatic carbocycles. The Kier molecular flexibility index (Phi) is 5.48. The van der Waals surface area contributed by atoms with Gasteiger partial charge >= 0.3 is 0 Å². The van der Waals surface area contributed by atoms with Crippen molar-refractivity contribution < 1.29 is 4.79 Å². The number of carbonyl (C=O) groups is 1. The van der Waals surface area contributed by atoms with Gasteiger partial charge in [0.2, 0.25) is 5.95 Å². The van der Waals surface area contributed by atoms with Crippen LogP contribution < -0.4 is 4.90 Å². The van der Waals surface area contributed by atoms with Gasteiger partial charge in [-0.2, -0.15) is 0 Å². The minimum Gasteiger partial charge on any atom is -0.338 e. The highest BCUT2D eigenvalue weighted by Crippen LogP contribution is 2.31. The first kappa shape index (κ1) is 17.5. The van der Waals surface area contributed by atoms with Gasteiger partial charge in [-0.3, -0.25) is 9.69 Å². The van der Waals surface area contributed by atoms with Crippen LogP contribution in [0.1, 0.15) is 16.8 Å². The molecule has 6 nitrogen and oxygen atoms in total. The Bertz CT molecular complexity index is 749. The summed E-state index contributed by atoms with van der Waals surface area (Å²) in [6.07, 6.45) is 4.67. The molecule has 0 amide bonds. The summed E-state index contributed by atoms with van der Waals surface area (Å²) in [5.41, 5.74) is 0.869. The van der Waals surface area contributed by atoms with E-state index in [1.165, 1.54) is 0 Å². The third kappa shape index (κ3) is 4.06. The highest BCUT2D eigenvalue weighted by atomic mass is 32.2. The number of ketones is 1. The standard InChI is InChI=1S/C19H23N5OS/c25-17-15-24(26-18-6-2-1-5-16(17)18)10-4-9-22-11-13-23(14-12-22)19-20-7-3-8-21-19/h1-3,5-8H,4,9-15H2. The first-order chi connectivity index (χ1) is 12.8. The molecule has 0 spiro atoms. The van der Waals surface area contributed by atoms with Gasteiger partial charge in [0.05, 0.1) is 6.54 Å². The largest absolute Gasteiger partial charge is 0.338 e. The second-order valence-corrected chi connectivity index (χ2v) is 7.74. The lowest BCUT2D eigenvalue weighted by molar-refractivity contribution is 0.0961. The number of nitrogens with zero attached hydrogens (tertiary/aromatic N) is 5. The van der Waals surface area contributed by atoms with Crippen LogP contribution in [-0.4, -0.2) is 70.8 Å². The van der Waals surface area contributed by atoms with E-state index in [1.807, 2.05) is 30.3 Å². The third-order valence-electron chi connectivity index (χ3n) is 4.82. The average Bonchev–Trinajstić information content (AvgIpc) is 2.69. The summed E-state index contributed by atoms with van der Waals surface area (Å²) >= 11 is 1.71. The quantitative estimate of drug-likeness (QED) is 0.749. The molecule has 3 heterocycles. The smallest absolute Gasteiger partial charge is 0.225 e. The molecule has 26 heavy (non-hydrogen) atoms. The van der Waals surface area contributed by atoms with Crippen molar-refractivity contribution >= 4 is 23.7 Å². The molecule has 136 valence electrons. The molecular weight excluding hydrogens is 346 g/mol. The highest BCUT2D eigenvalue weighted by Gasteiger charge is 2.24. The van der Waals surface area contributed by atoms with Gasteiger partial charge in [0.1, 0.15) is 0 Å². The fourth-order valence-corrected chi connectivity index (χ4v) is 4.51. The van der Waals surface area contributed by atoms with E-state index in [1.54, 1.807) is 24.3 Å². The summed E-state index contributed by atoms with van der Waals surface area (Å²) in [4.78, 5) is 26.7. The second-order valence-electron chi connectivity index (χ2n) is 6.61.